The number of hydrogen-bond acceptors (Lipinski definition) is 6. The normalized spacial score (nSPS) is 11.9. The number of likely N-dealkylation sites (N-methyl/N-ethyl adjacent to an activating group) is 1. The first-order chi connectivity index (χ1) is 12.8. The van der Waals surface area contributed by atoms with Crippen LogP contribution in [0.15, 0.2) is 6.20 Å². The SMILES string of the molecule is CCCNc1nc(NC(C)(C)C)ncc1C#CCCCNC(=O)[C@H](C)NC. The molecule has 7 nitrogen and oxygen atoms in total. The van der Waals surface area contributed by atoms with Crippen LogP contribution in [0.25, 0.3) is 0 Å². The lowest BCUT2D eigenvalue weighted by Gasteiger charge is -2.21. The predicted molar refractivity (Wildman–Crippen MR) is 112 cm³/mol. The van der Waals surface area contributed by atoms with Crippen molar-refractivity contribution in [2.75, 3.05) is 30.8 Å². The van der Waals surface area contributed by atoms with Crippen molar-refractivity contribution in [1.82, 2.24) is 20.6 Å². The van der Waals surface area contributed by atoms with Crippen LogP contribution in [-0.4, -0.2) is 47.6 Å². The predicted octanol–water partition coefficient (Wildman–Crippen LogP) is 2.36. The zero-order valence-electron chi connectivity index (χ0n) is 17.5. The number of carbonyl (C=O) groups is 1. The summed E-state index contributed by atoms with van der Waals surface area (Å²) in [4.78, 5) is 20.6. The van der Waals surface area contributed by atoms with Gasteiger partial charge in [0.05, 0.1) is 17.8 Å². The number of rotatable bonds is 9. The van der Waals surface area contributed by atoms with E-state index in [-0.39, 0.29) is 17.5 Å². The molecule has 7 heteroatoms. The van der Waals surface area contributed by atoms with Crippen LogP contribution >= 0.6 is 0 Å². The summed E-state index contributed by atoms with van der Waals surface area (Å²) >= 11 is 0. The van der Waals surface area contributed by atoms with Gasteiger partial charge in [-0.3, -0.25) is 4.79 Å². The van der Waals surface area contributed by atoms with Crippen molar-refractivity contribution in [2.45, 2.75) is 65.5 Å². The van der Waals surface area contributed by atoms with Gasteiger partial charge in [0, 0.05) is 25.0 Å². The standard InChI is InChI=1S/C20H34N6O/c1-7-12-22-17-16(14-24-19(25-17)26-20(3,4)5)11-9-8-10-13-23-18(27)15(2)21-6/h14-15,21H,7-8,10,12-13H2,1-6H3,(H,23,27)(H2,22,24,25,26)/t15-/m0/s1. The second-order valence-electron chi connectivity index (χ2n) is 7.46. The van der Waals surface area contributed by atoms with Gasteiger partial charge in [0.2, 0.25) is 11.9 Å². The fraction of sp³-hybridized carbons (Fsp3) is 0.650. The molecule has 1 aromatic heterocycles. The number of nitrogens with one attached hydrogen (secondary N) is 4. The Morgan fingerprint density at radius 3 is 2.67 bits per heavy atom. The van der Waals surface area contributed by atoms with Crippen LogP contribution in [0.4, 0.5) is 11.8 Å². The lowest BCUT2D eigenvalue weighted by atomic mass is 10.1. The Hall–Kier alpha value is -2.33. The minimum absolute atomic E-state index is 0.00634. The zero-order chi connectivity index (χ0) is 20.3. The maximum Gasteiger partial charge on any atom is 0.236 e. The molecule has 0 saturated carbocycles. The summed E-state index contributed by atoms with van der Waals surface area (Å²) in [5.74, 6) is 7.64. The summed E-state index contributed by atoms with van der Waals surface area (Å²) in [6.45, 7) is 11.6. The molecule has 0 aliphatic rings. The van der Waals surface area contributed by atoms with Gasteiger partial charge in [-0.15, -0.1) is 0 Å². The minimum Gasteiger partial charge on any atom is -0.369 e. The van der Waals surface area contributed by atoms with Crippen molar-refractivity contribution >= 4 is 17.7 Å². The topological polar surface area (TPSA) is 91.0 Å². The van der Waals surface area contributed by atoms with Crippen molar-refractivity contribution in [3.8, 4) is 11.8 Å². The van der Waals surface area contributed by atoms with Crippen molar-refractivity contribution in [3.63, 3.8) is 0 Å². The highest BCUT2D eigenvalue weighted by molar-refractivity contribution is 5.81. The summed E-state index contributed by atoms with van der Waals surface area (Å²) in [6.07, 6.45) is 4.26. The lowest BCUT2D eigenvalue weighted by Crippen LogP contribution is -2.40. The van der Waals surface area contributed by atoms with Gasteiger partial charge in [0.15, 0.2) is 0 Å². The van der Waals surface area contributed by atoms with Crippen LogP contribution in [-0.2, 0) is 4.79 Å². The molecule has 0 bridgehead atoms. The van der Waals surface area contributed by atoms with E-state index in [2.05, 4.69) is 70.8 Å². The first kappa shape index (κ1) is 22.7. The highest BCUT2D eigenvalue weighted by Crippen LogP contribution is 2.16. The quantitative estimate of drug-likeness (QED) is 0.392. The van der Waals surface area contributed by atoms with Crippen LogP contribution < -0.4 is 21.3 Å². The molecule has 0 fully saturated rings. The smallest absolute Gasteiger partial charge is 0.236 e. The van der Waals surface area contributed by atoms with Crippen LogP contribution in [0.1, 0.15) is 59.4 Å². The van der Waals surface area contributed by atoms with Crippen LogP contribution in [0.5, 0.6) is 0 Å². The summed E-state index contributed by atoms with van der Waals surface area (Å²) in [5.41, 5.74) is 0.681. The van der Waals surface area contributed by atoms with E-state index in [0.29, 0.717) is 18.9 Å². The third-order valence-corrected chi connectivity index (χ3v) is 3.65. The summed E-state index contributed by atoms with van der Waals surface area (Å²) in [5, 5.41) is 12.4. The average Bonchev–Trinajstić information content (AvgIpc) is 2.61. The molecule has 0 spiro atoms. The molecule has 4 N–H and O–H groups in total. The molecule has 0 saturated heterocycles. The van der Waals surface area contributed by atoms with Crippen molar-refractivity contribution in [3.05, 3.63) is 11.8 Å². The van der Waals surface area contributed by atoms with E-state index in [0.717, 1.165) is 30.8 Å². The van der Waals surface area contributed by atoms with Gasteiger partial charge in [-0.1, -0.05) is 18.8 Å². The van der Waals surface area contributed by atoms with Crippen molar-refractivity contribution in [2.24, 2.45) is 0 Å². The highest BCUT2D eigenvalue weighted by Gasteiger charge is 2.13. The maximum atomic E-state index is 11.7. The Morgan fingerprint density at radius 2 is 2.04 bits per heavy atom. The number of hydrogen-bond donors (Lipinski definition) is 4. The van der Waals surface area contributed by atoms with Gasteiger partial charge in [-0.2, -0.15) is 4.98 Å². The third-order valence-electron chi connectivity index (χ3n) is 3.65. The molecular formula is C20H34N6O. The molecule has 1 aromatic rings. The molecule has 1 heterocycles. The number of nitrogens with zero attached hydrogens (tertiary/aromatic N) is 2. The van der Waals surface area contributed by atoms with Crippen LogP contribution in [0.3, 0.4) is 0 Å². The van der Waals surface area contributed by atoms with E-state index < -0.39 is 0 Å². The second-order valence-corrected chi connectivity index (χ2v) is 7.46. The molecule has 0 radical (unpaired) electrons. The fourth-order valence-electron chi connectivity index (χ4n) is 2.08. The maximum absolute atomic E-state index is 11.7. The first-order valence-corrected chi connectivity index (χ1v) is 9.59. The summed E-state index contributed by atoms with van der Waals surface area (Å²) < 4.78 is 0. The van der Waals surface area contributed by atoms with E-state index in [1.54, 1.807) is 13.2 Å². The Labute approximate surface area is 163 Å². The fourth-order valence-corrected chi connectivity index (χ4v) is 2.08. The monoisotopic (exact) mass is 374 g/mol. The van der Waals surface area contributed by atoms with Crippen LogP contribution in [0, 0.1) is 11.8 Å². The molecule has 1 rings (SSSR count). The van der Waals surface area contributed by atoms with Crippen molar-refractivity contribution in [1.29, 1.82) is 0 Å². The van der Waals surface area contributed by atoms with E-state index in [1.807, 2.05) is 6.92 Å². The number of amides is 1. The van der Waals surface area contributed by atoms with Crippen LogP contribution in [0.2, 0.25) is 0 Å². The number of unbranched alkanes of at least 4 members (excludes halogenated alkanes) is 1. The number of aromatic nitrogens is 2. The molecule has 150 valence electrons. The van der Waals surface area contributed by atoms with Crippen molar-refractivity contribution < 1.29 is 4.79 Å². The molecule has 1 atom stereocenters. The third kappa shape index (κ3) is 9.25. The Kier molecular flexibility index (Phi) is 9.59. The molecule has 0 aromatic carbocycles. The van der Waals surface area contributed by atoms with E-state index in [9.17, 15) is 4.79 Å². The highest BCUT2D eigenvalue weighted by atomic mass is 16.2. The summed E-state index contributed by atoms with van der Waals surface area (Å²) in [7, 11) is 1.77. The van der Waals surface area contributed by atoms with E-state index in [1.165, 1.54) is 0 Å². The van der Waals surface area contributed by atoms with Gasteiger partial charge in [-0.25, -0.2) is 4.98 Å². The van der Waals surface area contributed by atoms with E-state index >= 15 is 0 Å². The minimum atomic E-state index is -0.180. The first-order valence-electron chi connectivity index (χ1n) is 9.59. The Balaban J connectivity index is 2.65. The number of carbonyl (C=O) groups excluding carboxylic acids is 1. The van der Waals surface area contributed by atoms with Gasteiger partial charge in [0.25, 0.3) is 0 Å². The molecule has 27 heavy (non-hydrogen) atoms. The Bertz CT molecular complexity index is 657. The summed E-state index contributed by atoms with van der Waals surface area (Å²) in [6, 6.07) is -0.180. The number of anilines is 2. The second kappa shape index (κ2) is 11.4. The van der Waals surface area contributed by atoms with Gasteiger partial charge in [-0.05, 0) is 47.6 Å². The van der Waals surface area contributed by atoms with Gasteiger partial charge in [0.1, 0.15) is 5.82 Å². The molecular weight excluding hydrogens is 340 g/mol. The van der Waals surface area contributed by atoms with Gasteiger partial charge < -0.3 is 21.3 Å². The molecule has 0 aliphatic heterocycles. The van der Waals surface area contributed by atoms with Gasteiger partial charge >= 0.3 is 0 Å². The lowest BCUT2D eigenvalue weighted by molar-refractivity contribution is -0.122. The average molecular weight is 375 g/mol. The molecule has 0 aliphatic carbocycles. The zero-order valence-corrected chi connectivity index (χ0v) is 17.5. The largest absolute Gasteiger partial charge is 0.369 e. The molecule has 0 unspecified atom stereocenters. The van der Waals surface area contributed by atoms with E-state index in [4.69, 9.17) is 0 Å². The molecule has 1 amide bonds. The Morgan fingerprint density at radius 1 is 1.30 bits per heavy atom.